The Labute approximate surface area is 111 Å². The van der Waals surface area contributed by atoms with Crippen LogP contribution in [0.4, 0.5) is 27.6 Å². The molecule has 20 heavy (non-hydrogen) atoms. The molecule has 3 N–H and O–H groups in total. The maximum atomic E-state index is 13.4. The first kappa shape index (κ1) is 16.2. The van der Waals surface area contributed by atoms with E-state index < -0.39 is 41.5 Å². The van der Waals surface area contributed by atoms with Gasteiger partial charge in [-0.3, -0.25) is 10.6 Å². The number of hydrazine groups is 1. The number of amides is 1. The van der Waals surface area contributed by atoms with Gasteiger partial charge in [0.05, 0.1) is 0 Å². The zero-order valence-electron chi connectivity index (χ0n) is 10.4. The molecule has 0 bridgehead atoms. The number of alkyl halides is 3. The van der Waals surface area contributed by atoms with Crippen LogP contribution >= 0.6 is 0 Å². The Morgan fingerprint density at radius 1 is 1.30 bits per heavy atom. The van der Waals surface area contributed by atoms with Crippen LogP contribution in [0.1, 0.15) is 17.3 Å². The second kappa shape index (κ2) is 6.04. The maximum Gasteiger partial charge on any atom is 0.406 e. The third-order valence-corrected chi connectivity index (χ3v) is 2.47. The van der Waals surface area contributed by atoms with Crippen LogP contribution in [0.5, 0.6) is 0 Å². The summed E-state index contributed by atoms with van der Waals surface area (Å²) in [6.07, 6.45) is -4.60. The largest absolute Gasteiger partial charge is 0.406 e. The SMILES string of the molecule is CCN(CC(F)(F)F)C(=O)c1cc(F)c(NN)c(F)c1. The molecule has 112 valence electrons. The minimum atomic E-state index is -4.60. The molecule has 0 heterocycles. The lowest BCUT2D eigenvalue weighted by molar-refractivity contribution is -0.140. The molecule has 1 rings (SSSR count). The number of nitrogen functional groups attached to an aromatic ring is 1. The Morgan fingerprint density at radius 3 is 2.15 bits per heavy atom. The Kier molecular flexibility index (Phi) is 4.88. The van der Waals surface area contributed by atoms with Crippen molar-refractivity contribution in [3.63, 3.8) is 0 Å². The minimum absolute atomic E-state index is 0.252. The second-order valence-electron chi connectivity index (χ2n) is 3.89. The molecule has 9 heteroatoms. The van der Waals surface area contributed by atoms with Crippen LogP contribution in [-0.2, 0) is 0 Å². The Bertz CT molecular complexity index is 480. The van der Waals surface area contributed by atoms with Gasteiger partial charge in [-0.25, -0.2) is 8.78 Å². The number of hydrogen-bond donors (Lipinski definition) is 2. The summed E-state index contributed by atoms with van der Waals surface area (Å²) < 4.78 is 63.6. The lowest BCUT2D eigenvalue weighted by Gasteiger charge is -2.22. The van der Waals surface area contributed by atoms with Gasteiger partial charge in [0.2, 0.25) is 0 Å². The van der Waals surface area contributed by atoms with Gasteiger partial charge in [-0.15, -0.1) is 0 Å². The van der Waals surface area contributed by atoms with E-state index in [1.165, 1.54) is 6.92 Å². The Hall–Kier alpha value is -1.90. The summed E-state index contributed by atoms with van der Waals surface area (Å²) in [4.78, 5) is 12.2. The number of benzene rings is 1. The third kappa shape index (κ3) is 3.80. The summed E-state index contributed by atoms with van der Waals surface area (Å²) in [7, 11) is 0. The first-order valence-electron chi connectivity index (χ1n) is 5.51. The molecule has 0 aliphatic carbocycles. The summed E-state index contributed by atoms with van der Waals surface area (Å²) in [5.41, 5.74) is 0.567. The smallest absolute Gasteiger partial charge is 0.330 e. The van der Waals surface area contributed by atoms with E-state index in [9.17, 15) is 26.7 Å². The molecule has 0 radical (unpaired) electrons. The molecular formula is C11H12F5N3O. The number of rotatable bonds is 4. The topological polar surface area (TPSA) is 58.4 Å². The molecule has 0 aromatic heterocycles. The van der Waals surface area contributed by atoms with Crippen molar-refractivity contribution in [3.8, 4) is 0 Å². The summed E-state index contributed by atoms with van der Waals surface area (Å²) in [5.74, 6) is 1.42. The van der Waals surface area contributed by atoms with Crippen molar-refractivity contribution in [1.82, 2.24) is 4.90 Å². The predicted molar refractivity (Wildman–Crippen MR) is 61.8 cm³/mol. The van der Waals surface area contributed by atoms with Crippen LogP contribution in [0.15, 0.2) is 12.1 Å². The normalized spacial score (nSPS) is 11.3. The van der Waals surface area contributed by atoms with Gasteiger partial charge in [0.15, 0.2) is 11.6 Å². The predicted octanol–water partition coefficient (Wildman–Crippen LogP) is 2.27. The quantitative estimate of drug-likeness (QED) is 0.509. The van der Waals surface area contributed by atoms with Crippen LogP contribution in [0, 0.1) is 11.6 Å². The average molecular weight is 297 g/mol. The van der Waals surface area contributed by atoms with E-state index in [0.717, 1.165) is 0 Å². The zero-order chi connectivity index (χ0) is 15.5. The van der Waals surface area contributed by atoms with Gasteiger partial charge in [-0.05, 0) is 19.1 Å². The van der Waals surface area contributed by atoms with Gasteiger partial charge in [0.1, 0.15) is 12.2 Å². The monoisotopic (exact) mass is 297 g/mol. The highest BCUT2D eigenvalue weighted by atomic mass is 19.4. The van der Waals surface area contributed by atoms with Crippen molar-refractivity contribution in [2.45, 2.75) is 13.1 Å². The highest BCUT2D eigenvalue weighted by Crippen LogP contribution is 2.22. The number of nitrogens with two attached hydrogens (primary N) is 1. The van der Waals surface area contributed by atoms with Crippen molar-refractivity contribution >= 4 is 11.6 Å². The second-order valence-corrected chi connectivity index (χ2v) is 3.89. The van der Waals surface area contributed by atoms with Crippen LogP contribution in [0.3, 0.4) is 0 Å². The third-order valence-electron chi connectivity index (χ3n) is 2.47. The average Bonchev–Trinajstić information content (AvgIpc) is 2.33. The van der Waals surface area contributed by atoms with Crippen LogP contribution in [-0.4, -0.2) is 30.1 Å². The zero-order valence-corrected chi connectivity index (χ0v) is 10.4. The molecule has 0 saturated carbocycles. The molecule has 4 nitrogen and oxygen atoms in total. The van der Waals surface area contributed by atoms with Gasteiger partial charge in [0.25, 0.3) is 5.91 Å². The number of carbonyl (C=O) groups excluding carboxylic acids is 1. The fourth-order valence-electron chi connectivity index (χ4n) is 1.56. The van der Waals surface area contributed by atoms with Gasteiger partial charge < -0.3 is 10.3 Å². The molecule has 0 spiro atoms. The lowest BCUT2D eigenvalue weighted by Crippen LogP contribution is -2.38. The summed E-state index contributed by atoms with van der Waals surface area (Å²) in [5, 5.41) is 0. The van der Waals surface area contributed by atoms with Crippen molar-refractivity contribution in [2.75, 3.05) is 18.5 Å². The van der Waals surface area contributed by atoms with E-state index in [0.29, 0.717) is 17.0 Å². The first-order chi connectivity index (χ1) is 9.19. The lowest BCUT2D eigenvalue weighted by atomic mass is 10.1. The van der Waals surface area contributed by atoms with Crippen molar-refractivity contribution < 1.29 is 26.7 Å². The highest BCUT2D eigenvalue weighted by Gasteiger charge is 2.33. The van der Waals surface area contributed by atoms with Gasteiger partial charge >= 0.3 is 6.18 Å². The van der Waals surface area contributed by atoms with Gasteiger partial charge in [0, 0.05) is 12.1 Å². The molecule has 0 aliphatic heterocycles. The molecule has 0 saturated heterocycles. The Balaban J connectivity index is 3.07. The number of halogens is 5. The first-order valence-corrected chi connectivity index (χ1v) is 5.51. The molecule has 0 atom stereocenters. The fourth-order valence-corrected chi connectivity index (χ4v) is 1.56. The molecule has 1 aromatic rings. The van der Waals surface area contributed by atoms with E-state index in [1.807, 2.05) is 0 Å². The molecule has 1 aromatic carbocycles. The number of nitrogens with one attached hydrogen (secondary N) is 1. The Morgan fingerprint density at radius 2 is 1.80 bits per heavy atom. The number of nitrogens with zero attached hydrogens (tertiary/aromatic N) is 1. The summed E-state index contributed by atoms with van der Waals surface area (Å²) >= 11 is 0. The maximum absolute atomic E-state index is 13.4. The number of anilines is 1. The fraction of sp³-hybridized carbons (Fsp3) is 0.364. The van der Waals surface area contributed by atoms with Gasteiger partial charge in [-0.1, -0.05) is 0 Å². The molecule has 0 aliphatic rings. The standard InChI is InChI=1S/C11H12F5N3O/c1-2-19(5-11(14,15)16)10(20)6-3-7(12)9(18-17)8(13)4-6/h3-4,18H,2,5,17H2,1H3. The summed E-state index contributed by atoms with van der Waals surface area (Å²) in [6.45, 7) is -0.424. The number of hydrogen-bond acceptors (Lipinski definition) is 3. The molecule has 1 amide bonds. The van der Waals surface area contributed by atoms with E-state index in [4.69, 9.17) is 5.84 Å². The van der Waals surface area contributed by atoms with E-state index >= 15 is 0 Å². The molecular weight excluding hydrogens is 285 g/mol. The van der Waals surface area contributed by atoms with Crippen LogP contribution in [0.25, 0.3) is 0 Å². The van der Waals surface area contributed by atoms with E-state index in [1.54, 1.807) is 5.43 Å². The minimum Gasteiger partial charge on any atom is -0.330 e. The van der Waals surface area contributed by atoms with Crippen molar-refractivity contribution in [1.29, 1.82) is 0 Å². The van der Waals surface area contributed by atoms with Crippen molar-refractivity contribution in [2.24, 2.45) is 5.84 Å². The summed E-state index contributed by atoms with van der Waals surface area (Å²) in [6, 6.07) is 1.25. The highest BCUT2D eigenvalue weighted by molar-refractivity contribution is 5.94. The number of carbonyl (C=O) groups is 1. The molecule has 0 fully saturated rings. The van der Waals surface area contributed by atoms with E-state index in [2.05, 4.69) is 0 Å². The van der Waals surface area contributed by atoms with Crippen molar-refractivity contribution in [3.05, 3.63) is 29.3 Å². The molecule has 0 unspecified atom stereocenters. The van der Waals surface area contributed by atoms with Gasteiger partial charge in [-0.2, -0.15) is 13.2 Å². The van der Waals surface area contributed by atoms with Crippen LogP contribution < -0.4 is 11.3 Å². The van der Waals surface area contributed by atoms with Crippen LogP contribution in [0.2, 0.25) is 0 Å². The van der Waals surface area contributed by atoms with E-state index in [-0.39, 0.29) is 6.54 Å².